The summed E-state index contributed by atoms with van der Waals surface area (Å²) in [6.45, 7) is 4.88. The first-order valence-electron chi connectivity index (χ1n) is 6.17. The minimum atomic E-state index is -0.194. The molecule has 2 aromatic heterocycles. The maximum atomic E-state index is 11.7. The molecule has 0 aliphatic carbocycles. The molecule has 0 aliphatic heterocycles. The van der Waals surface area contributed by atoms with E-state index in [1.54, 1.807) is 18.5 Å². The first-order valence-corrected chi connectivity index (χ1v) is 6.17. The maximum Gasteiger partial charge on any atom is 0.297 e. The first kappa shape index (κ1) is 12.5. The number of aromatic amines is 1. The Balaban J connectivity index is 2.12. The normalized spacial score (nSPS) is 12.6. The quantitative estimate of drug-likeness (QED) is 0.878. The van der Waals surface area contributed by atoms with Gasteiger partial charge in [-0.1, -0.05) is 20.3 Å². The summed E-state index contributed by atoms with van der Waals surface area (Å²) in [5, 5.41) is 0.527. The number of nitrogens with zero attached hydrogens (tertiary/aromatic N) is 2. The van der Waals surface area contributed by atoms with Crippen LogP contribution in [0.15, 0.2) is 23.3 Å². The molecule has 0 bridgehead atoms. The Kier molecular flexibility index (Phi) is 3.92. The zero-order chi connectivity index (χ0) is 13.0. The van der Waals surface area contributed by atoms with Crippen LogP contribution in [0.1, 0.15) is 26.7 Å². The molecular formula is C13H17N3O2. The molecule has 0 spiro atoms. The van der Waals surface area contributed by atoms with Crippen molar-refractivity contribution in [3.8, 4) is 6.01 Å². The molecule has 1 N–H and O–H groups in total. The highest BCUT2D eigenvalue weighted by Gasteiger charge is 2.05. The van der Waals surface area contributed by atoms with Crippen LogP contribution in [0.5, 0.6) is 6.01 Å². The van der Waals surface area contributed by atoms with E-state index in [0.717, 1.165) is 12.8 Å². The Morgan fingerprint density at radius 2 is 2.33 bits per heavy atom. The molecule has 5 nitrogen and oxygen atoms in total. The van der Waals surface area contributed by atoms with Gasteiger partial charge in [0.1, 0.15) is 0 Å². The lowest BCUT2D eigenvalue weighted by Gasteiger charge is -2.09. The number of hydrogen-bond donors (Lipinski definition) is 1. The third-order valence-corrected chi connectivity index (χ3v) is 3.03. The zero-order valence-corrected chi connectivity index (χ0v) is 10.6. The van der Waals surface area contributed by atoms with Crippen LogP contribution in [-0.4, -0.2) is 21.6 Å². The van der Waals surface area contributed by atoms with Crippen molar-refractivity contribution in [2.45, 2.75) is 26.7 Å². The van der Waals surface area contributed by atoms with Crippen LogP contribution in [0.25, 0.3) is 10.9 Å². The minimum absolute atomic E-state index is 0.194. The van der Waals surface area contributed by atoms with Crippen LogP contribution in [0.3, 0.4) is 0 Å². The number of H-pyrrole nitrogens is 1. The fourth-order valence-corrected chi connectivity index (χ4v) is 1.60. The average molecular weight is 247 g/mol. The van der Waals surface area contributed by atoms with Crippen molar-refractivity contribution in [3.63, 3.8) is 0 Å². The van der Waals surface area contributed by atoms with E-state index in [-0.39, 0.29) is 11.6 Å². The van der Waals surface area contributed by atoms with Crippen molar-refractivity contribution in [1.29, 1.82) is 0 Å². The predicted octanol–water partition coefficient (Wildman–Crippen LogP) is 2.13. The van der Waals surface area contributed by atoms with Crippen LogP contribution in [0, 0.1) is 5.92 Å². The van der Waals surface area contributed by atoms with Crippen LogP contribution < -0.4 is 10.3 Å². The second-order valence-electron chi connectivity index (χ2n) is 4.41. The molecule has 0 saturated heterocycles. The summed E-state index contributed by atoms with van der Waals surface area (Å²) in [6.07, 6.45) is 5.20. The lowest BCUT2D eigenvalue weighted by Crippen LogP contribution is -2.12. The average Bonchev–Trinajstić information content (AvgIpc) is 2.38. The van der Waals surface area contributed by atoms with Gasteiger partial charge in [0.05, 0.1) is 23.7 Å². The monoisotopic (exact) mass is 247 g/mol. The molecule has 5 heteroatoms. The smallest absolute Gasteiger partial charge is 0.297 e. The molecule has 2 heterocycles. The van der Waals surface area contributed by atoms with Gasteiger partial charge in [0.25, 0.3) is 11.6 Å². The number of ether oxygens (including phenoxy) is 1. The number of aromatic nitrogens is 3. The van der Waals surface area contributed by atoms with Crippen LogP contribution in [0.4, 0.5) is 0 Å². The van der Waals surface area contributed by atoms with Crippen LogP contribution in [-0.2, 0) is 0 Å². The Labute approximate surface area is 105 Å². The highest BCUT2D eigenvalue weighted by molar-refractivity contribution is 5.76. The molecule has 0 fully saturated rings. The van der Waals surface area contributed by atoms with E-state index in [2.05, 4.69) is 28.8 Å². The summed E-state index contributed by atoms with van der Waals surface area (Å²) in [7, 11) is 0. The Morgan fingerprint density at radius 3 is 3.11 bits per heavy atom. The first-order chi connectivity index (χ1) is 8.70. The highest BCUT2D eigenvalue weighted by atomic mass is 16.5. The van der Waals surface area contributed by atoms with Crippen LogP contribution in [0.2, 0.25) is 0 Å². The predicted molar refractivity (Wildman–Crippen MR) is 69.7 cm³/mol. The number of pyridine rings is 1. The van der Waals surface area contributed by atoms with Crippen molar-refractivity contribution in [1.82, 2.24) is 15.0 Å². The lowest BCUT2D eigenvalue weighted by molar-refractivity contribution is 0.262. The molecule has 18 heavy (non-hydrogen) atoms. The summed E-state index contributed by atoms with van der Waals surface area (Å²) in [5.74, 6) is 0.610. The van der Waals surface area contributed by atoms with Gasteiger partial charge in [0.15, 0.2) is 0 Å². The second kappa shape index (κ2) is 5.62. The van der Waals surface area contributed by atoms with Gasteiger partial charge in [-0.25, -0.2) is 0 Å². The highest BCUT2D eigenvalue weighted by Crippen LogP contribution is 2.10. The Morgan fingerprint density at radius 1 is 1.50 bits per heavy atom. The van der Waals surface area contributed by atoms with Gasteiger partial charge in [-0.2, -0.15) is 4.98 Å². The fraction of sp³-hybridized carbons (Fsp3) is 0.462. The van der Waals surface area contributed by atoms with E-state index in [1.165, 1.54) is 0 Å². The Bertz CT molecular complexity index is 580. The molecule has 1 atom stereocenters. The van der Waals surface area contributed by atoms with Gasteiger partial charge in [0, 0.05) is 6.20 Å². The second-order valence-corrected chi connectivity index (χ2v) is 4.41. The number of hydrogen-bond acceptors (Lipinski definition) is 4. The van der Waals surface area contributed by atoms with E-state index in [1.807, 2.05) is 0 Å². The molecule has 2 rings (SSSR count). The third kappa shape index (κ3) is 2.85. The molecule has 1 unspecified atom stereocenters. The van der Waals surface area contributed by atoms with Crippen molar-refractivity contribution >= 4 is 10.9 Å². The molecular weight excluding hydrogens is 230 g/mol. The summed E-state index contributed by atoms with van der Waals surface area (Å²) in [5.41, 5.74) is 0.362. The van der Waals surface area contributed by atoms with Gasteiger partial charge in [-0.15, -0.1) is 0 Å². The van der Waals surface area contributed by atoms with Gasteiger partial charge < -0.3 is 4.74 Å². The molecule has 0 amide bonds. The standard InChI is InChI=1S/C13H17N3O2/c1-3-9(2)5-7-18-13-15-11-8-14-6-4-10(11)12(17)16-13/h4,6,8-9H,3,5,7H2,1-2H3,(H,15,16,17). The number of rotatable bonds is 5. The lowest BCUT2D eigenvalue weighted by atomic mass is 10.1. The molecule has 0 aliphatic rings. The van der Waals surface area contributed by atoms with Crippen molar-refractivity contribution in [2.75, 3.05) is 6.61 Å². The summed E-state index contributed by atoms with van der Waals surface area (Å²) in [4.78, 5) is 22.5. The van der Waals surface area contributed by atoms with Gasteiger partial charge in [0.2, 0.25) is 0 Å². The molecule has 96 valence electrons. The van der Waals surface area contributed by atoms with E-state index in [9.17, 15) is 4.79 Å². The molecule has 0 saturated carbocycles. The van der Waals surface area contributed by atoms with Crippen LogP contribution >= 0.6 is 0 Å². The van der Waals surface area contributed by atoms with Gasteiger partial charge in [-0.05, 0) is 18.4 Å². The van der Waals surface area contributed by atoms with E-state index in [4.69, 9.17) is 4.74 Å². The molecule has 2 aromatic rings. The molecule has 0 aromatic carbocycles. The summed E-state index contributed by atoms with van der Waals surface area (Å²) in [6, 6.07) is 1.91. The third-order valence-electron chi connectivity index (χ3n) is 3.03. The van der Waals surface area contributed by atoms with Gasteiger partial charge >= 0.3 is 0 Å². The van der Waals surface area contributed by atoms with Crippen molar-refractivity contribution in [2.24, 2.45) is 5.92 Å². The van der Waals surface area contributed by atoms with Gasteiger partial charge in [-0.3, -0.25) is 14.8 Å². The van der Waals surface area contributed by atoms with Crippen molar-refractivity contribution in [3.05, 3.63) is 28.8 Å². The topological polar surface area (TPSA) is 67.9 Å². The van der Waals surface area contributed by atoms with Crippen molar-refractivity contribution < 1.29 is 4.74 Å². The summed E-state index contributed by atoms with van der Waals surface area (Å²) < 4.78 is 5.47. The number of fused-ring (bicyclic) bond motifs is 1. The summed E-state index contributed by atoms with van der Waals surface area (Å²) >= 11 is 0. The maximum absolute atomic E-state index is 11.7. The van der Waals surface area contributed by atoms with E-state index >= 15 is 0 Å². The Hall–Kier alpha value is -1.91. The largest absolute Gasteiger partial charge is 0.465 e. The SMILES string of the molecule is CCC(C)CCOc1nc2cnccc2c(=O)[nH]1. The minimum Gasteiger partial charge on any atom is -0.465 e. The van der Waals surface area contributed by atoms with E-state index < -0.39 is 0 Å². The van der Waals surface area contributed by atoms with E-state index in [0.29, 0.717) is 23.4 Å². The number of nitrogens with one attached hydrogen (secondary N) is 1. The molecule has 0 radical (unpaired) electrons. The zero-order valence-electron chi connectivity index (χ0n) is 10.6. The fourth-order valence-electron chi connectivity index (χ4n) is 1.60.